The highest BCUT2D eigenvalue weighted by molar-refractivity contribution is 14.0. The molecule has 132 valence electrons. The van der Waals surface area contributed by atoms with Crippen LogP contribution in [-0.4, -0.2) is 63.6 Å². The second-order valence-electron chi connectivity index (χ2n) is 5.30. The number of nitrogens with zero attached hydrogens (tertiary/aromatic N) is 6. The van der Waals surface area contributed by atoms with Crippen molar-refractivity contribution in [2.24, 2.45) is 4.99 Å². The van der Waals surface area contributed by atoms with Crippen LogP contribution >= 0.6 is 35.5 Å². The third-order valence-corrected chi connectivity index (χ3v) is 4.65. The van der Waals surface area contributed by atoms with Gasteiger partial charge < -0.3 is 15.1 Å². The highest BCUT2D eigenvalue weighted by atomic mass is 127. The Morgan fingerprint density at radius 2 is 2.17 bits per heavy atom. The number of aliphatic imine (C=N–C) groups is 1. The second-order valence-corrected chi connectivity index (χ2v) is 6.03. The van der Waals surface area contributed by atoms with Crippen LogP contribution in [0.5, 0.6) is 0 Å². The predicted molar refractivity (Wildman–Crippen MR) is 107 cm³/mol. The number of H-pyrrole nitrogens is 1. The van der Waals surface area contributed by atoms with Crippen LogP contribution in [0, 0.1) is 0 Å². The largest absolute Gasteiger partial charge is 0.351 e. The zero-order valence-corrected chi connectivity index (χ0v) is 17.0. The lowest BCUT2D eigenvalue weighted by molar-refractivity contribution is 0.372. The predicted octanol–water partition coefficient (Wildman–Crippen LogP) is 1.34. The summed E-state index contributed by atoms with van der Waals surface area (Å²) in [4.78, 5) is 13.5. The van der Waals surface area contributed by atoms with E-state index in [1.54, 1.807) is 6.20 Å². The van der Waals surface area contributed by atoms with Gasteiger partial charge in [0.15, 0.2) is 5.96 Å². The number of hydrogen-bond acceptors (Lipinski definition) is 6. The first-order valence-corrected chi connectivity index (χ1v) is 8.59. The lowest BCUT2D eigenvalue weighted by Gasteiger charge is -2.36. The molecule has 1 saturated heterocycles. The number of aromatic nitrogens is 4. The third-order valence-electron chi connectivity index (χ3n) is 3.83. The van der Waals surface area contributed by atoms with Crippen LogP contribution in [0.1, 0.15) is 18.4 Å². The molecule has 2 N–H and O–H groups in total. The second kappa shape index (κ2) is 9.16. The Morgan fingerprint density at radius 3 is 2.75 bits per heavy atom. The third kappa shape index (κ3) is 4.56. The molecule has 0 amide bonds. The van der Waals surface area contributed by atoms with Crippen LogP contribution in [-0.2, 0) is 13.0 Å². The summed E-state index contributed by atoms with van der Waals surface area (Å²) < 4.78 is 4.37. The maximum atomic E-state index is 4.57. The van der Waals surface area contributed by atoms with E-state index in [0.29, 0.717) is 6.54 Å². The zero-order valence-electron chi connectivity index (χ0n) is 13.9. The molecule has 3 heterocycles. The van der Waals surface area contributed by atoms with Gasteiger partial charge in [-0.05, 0) is 6.07 Å². The Hall–Kier alpha value is -1.43. The first-order chi connectivity index (χ1) is 11.3. The number of rotatable bonds is 4. The Labute approximate surface area is 162 Å². The number of nitrogens with one attached hydrogen (secondary N) is 2. The van der Waals surface area contributed by atoms with Crippen molar-refractivity contribution in [3.8, 4) is 0 Å². The average Bonchev–Trinajstić information content (AvgIpc) is 3.27. The van der Waals surface area contributed by atoms with Crippen molar-refractivity contribution < 1.29 is 0 Å². The molecule has 1 fully saturated rings. The van der Waals surface area contributed by atoms with E-state index >= 15 is 0 Å². The number of guanidine groups is 1. The quantitative estimate of drug-likeness (QED) is 0.406. The van der Waals surface area contributed by atoms with Crippen molar-refractivity contribution in [1.82, 2.24) is 29.8 Å². The summed E-state index contributed by atoms with van der Waals surface area (Å²) in [7, 11) is 1.82. The summed E-state index contributed by atoms with van der Waals surface area (Å²) in [6.45, 7) is 6.49. The number of halogens is 1. The molecule has 2 aromatic heterocycles. The molecule has 0 saturated carbocycles. The highest BCUT2D eigenvalue weighted by Crippen LogP contribution is 2.19. The van der Waals surface area contributed by atoms with Crippen molar-refractivity contribution in [2.45, 2.75) is 19.9 Å². The molecule has 0 bridgehead atoms. The minimum absolute atomic E-state index is 0. The van der Waals surface area contributed by atoms with Gasteiger partial charge in [0.2, 0.25) is 5.13 Å². The van der Waals surface area contributed by atoms with Gasteiger partial charge in [0.05, 0.1) is 12.2 Å². The van der Waals surface area contributed by atoms with Crippen LogP contribution in [0.2, 0.25) is 0 Å². The van der Waals surface area contributed by atoms with Gasteiger partial charge in [0.1, 0.15) is 5.82 Å². The van der Waals surface area contributed by atoms with Crippen LogP contribution in [0.4, 0.5) is 5.13 Å². The van der Waals surface area contributed by atoms with Crippen molar-refractivity contribution in [3.63, 3.8) is 0 Å². The molecule has 0 aromatic carbocycles. The van der Waals surface area contributed by atoms with E-state index in [-0.39, 0.29) is 24.0 Å². The number of anilines is 1. The van der Waals surface area contributed by atoms with Gasteiger partial charge in [-0.2, -0.15) is 9.47 Å². The zero-order chi connectivity index (χ0) is 16.1. The first kappa shape index (κ1) is 18.9. The normalized spacial score (nSPS) is 15.3. The Balaban J connectivity index is 0.00000208. The molecule has 24 heavy (non-hydrogen) atoms. The van der Waals surface area contributed by atoms with Crippen LogP contribution in [0.25, 0.3) is 0 Å². The molecule has 0 unspecified atom stereocenters. The first-order valence-electron chi connectivity index (χ1n) is 7.81. The van der Waals surface area contributed by atoms with E-state index in [1.807, 2.05) is 13.1 Å². The summed E-state index contributed by atoms with van der Waals surface area (Å²) in [5, 5.41) is 11.3. The Bertz CT molecular complexity index is 633. The average molecular weight is 462 g/mol. The molecule has 3 rings (SSSR count). The Kier molecular flexibility index (Phi) is 7.21. The molecular formula is C14H23IN8S. The summed E-state index contributed by atoms with van der Waals surface area (Å²) >= 11 is 1.49. The van der Waals surface area contributed by atoms with Gasteiger partial charge in [-0.25, -0.2) is 4.98 Å². The lowest BCUT2D eigenvalue weighted by Crippen LogP contribution is -2.52. The highest BCUT2D eigenvalue weighted by Gasteiger charge is 2.21. The van der Waals surface area contributed by atoms with E-state index < -0.39 is 0 Å². The van der Waals surface area contributed by atoms with Gasteiger partial charge in [0.25, 0.3) is 0 Å². The molecule has 10 heteroatoms. The van der Waals surface area contributed by atoms with E-state index in [0.717, 1.165) is 55.2 Å². The molecule has 2 aromatic rings. The molecule has 1 aliphatic heterocycles. The van der Waals surface area contributed by atoms with Gasteiger partial charge in [0, 0.05) is 57.4 Å². The van der Waals surface area contributed by atoms with Crippen molar-refractivity contribution in [3.05, 3.63) is 23.8 Å². The van der Waals surface area contributed by atoms with Crippen molar-refractivity contribution in [2.75, 3.05) is 38.1 Å². The van der Waals surface area contributed by atoms with Crippen molar-refractivity contribution >= 4 is 46.6 Å². The fourth-order valence-electron chi connectivity index (χ4n) is 2.52. The maximum absolute atomic E-state index is 4.57. The van der Waals surface area contributed by atoms with Crippen LogP contribution < -0.4 is 10.2 Å². The number of piperazine rings is 1. The summed E-state index contributed by atoms with van der Waals surface area (Å²) in [5.41, 5.74) is 1.05. The van der Waals surface area contributed by atoms with Gasteiger partial charge >= 0.3 is 0 Å². The molecule has 1 aliphatic rings. The standard InChI is InChI=1S/C14H22N8S.HI/c1-3-12-18-14(23-20-12)22-8-6-21(7-9-22)13(15-2)16-10-11-4-5-17-19-11;/h4-5H,3,6-10H2,1-2H3,(H,15,16)(H,17,19);1H. The SMILES string of the molecule is CCc1nsc(N2CCN(C(=NC)NCc3ccn[nH]3)CC2)n1.I. The van der Waals surface area contributed by atoms with E-state index in [4.69, 9.17) is 0 Å². The molecular weight excluding hydrogens is 439 g/mol. The molecule has 0 radical (unpaired) electrons. The smallest absolute Gasteiger partial charge is 0.205 e. The maximum Gasteiger partial charge on any atom is 0.205 e. The number of aryl methyl sites for hydroxylation is 1. The van der Waals surface area contributed by atoms with E-state index in [2.05, 4.69) is 46.6 Å². The monoisotopic (exact) mass is 462 g/mol. The minimum atomic E-state index is 0. The fourth-order valence-corrected chi connectivity index (χ4v) is 3.32. The molecule has 0 spiro atoms. The number of hydrogen-bond donors (Lipinski definition) is 2. The van der Waals surface area contributed by atoms with Gasteiger partial charge in [-0.1, -0.05) is 6.92 Å². The van der Waals surface area contributed by atoms with Gasteiger partial charge in [-0.15, -0.1) is 24.0 Å². The molecule has 8 nitrogen and oxygen atoms in total. The van der Waals surface area contributed by atoms with Crippen molar-refractivity contribution in [1.29, 1.82) is 0 Å². The van der Waals surface area contributed by atoms with Crippen LogP contribution in [0.3, 0.4) is 0 Å². The molecule has 0 atom stereocenters. The van der Waals surface area contributed by atoms with E-state index in [9.17, 15) is 0 Å². The minimum Gasteiger partial charge on any atom is -0.351 e. The topological polar surface area (TPSA) is 85.3 Å². The van der Waals surface area contributed by atoms with Gasteiger partial charge in [-0.3, -0.25) is 10.1 Å². The number of aromatic amines is 1. The summed E-state index contributed by atoms with van der Waals surface area (Å²) in [6, 6.07) is 1.96. The van der Waals surface area contributed by atoms with E-state index in [1.165, 1.54) is 11.5 Å². The molecule has 0 aliphatic carbocycles. The summed E-state index contributed by atoms with van der Waals surface area (Å²) in [6.07, 6.45) is 2.64. The fraction of sp³-hybridized carbons (Fsp3) is 0.571. The summed E-state index contributed by atoms with van der Waals surface area (Å²) in [5.74, 6) is 1.86. The Morgan fingerprint density at radius 1 is 1.38 bits per heavy atom. The van der Waals surface area contributed by atoms with Crippen LogP contribution in [0.15, 0.2) is 17.3 Å². The lowest BCUT2D eigenvalue weighted by atomic mass is 10.3.